The van der Waals surface area contributed by atoms with Crippen LogP contribution in [0.1, 0.15) is 15.9 Å². The van der Waals surface area contributed by atoms with E-state index in [2.05, 4.69) is 22.3 Å². The first-order chi connectivity index (χ1) is 13.2. The number of hydrogen-bond acceptors (Lipinski definition) is 5. The number of para-hydroxylation sites is 1. The fourth-order valence-electron chi connectivity index (χ4n) is 3.02. The third-order valence-corrected chi connectivity index (χ3v) is 4.40. The fourth-order valence-corrected chi connectivity index (χ4v) is 3.02. The molecule has 6 heteroatoms. The summed E-state index contributed by atoms with van der Waals surface area (Å²) in [5, 5.41) is 2.84. The van der Waals surface area contributed by atoms with E-state index in [1.807, 2.05) is 18.2 Å². The molecule has 6 nitrogen and oxygen atoms in total. The molecule has 2 aromatic rings. The topological polar surface area (TPSA) is 67.9 Å². The van der Waals surface area contributed by atoms with Crippen LogP contribution in [0.3, 0.4) is 0 Å². The highest BCUT2D eigenvalue weighted by Crippen LogP contribution is 2.15. The van der Waals surface area contributed by atoms with Crippen LogP contribution < -0.4 is 10.1 Å². The molecule has 142 valence electrons. The minimum atomic E-state index is -0.237. The molecule has 0 aromatic heterocycles. The minimum absolute atomic E-state index is 0.0475. The fraction of sp³-hybridized carbons (Fsp3) is 0.333. The first kappa shape index (κ1) is 19.1. The van der Waals surface area contributed by atoms with Crippen LogP contribution in [0.2, 0.25) is 0 Å². The summed E-state index contributed by atoms with van der Waals surface area (Å²) in [5.41, 5.74) is 1.70. The van der Waals surface area contributed by atoms with Gasteiger partial charge in [0.05, 0.1) is 18.3 Å². The van der Waals surface area contributed by atoms with Crippen molar-refractivity contribution in [2.75, 3.05) is 32.8 Å². The van der Waals surface area contributed by atoms with Crippen molar-refractivity contribution in [1.82, 2.24) is 10.2 Å². The van der Waals surface area contributed by atoms with E-state index in [0.717, 1.165) is 19.6 Å². The molecule has 1 N–H and O–H groups in total. The summed E-state index contributed by atoms with van der Waals surface area (Å²) in [4.78, 5) is 25.3. The van der Waals surface area contributed by atoms with Gasteiger partial charge < -0.3 is 14.8 Å². The molecule has 1 fully saturated rings. The van der Waals surface area contributed by atoms with E-state index in [4.69, 9.17) is 9.47 Å². The minimum Gasteiger partial charge on any atom is -0.483 e. The predicted octanol–water partition coefficient (Wildman–Crippen LogP) is 1.90. The number of hydrogen-bond donors (Lipinski definition) is 1. The van der Waals surface area contributed by atoms with Gasteiger partial charge in [-0.25, -0.2) is 0 Å². The van der Waals surface area contributed by atoms with Crippen LogP contribution in [0.5, 0.6) is 5.75 Å². The monoisotopic (exact) mass is 368 g/mol. The first-order valence-corrected chi connectivity index (χ1v) is 9.06. The Balaban J connectivity index is 1.41. The van der Waals surface area contributed by atoms with Crippen molar-refractivity contribution >= 4 is 12.2 Å². The second-order valence-electron chi connectivity index (χ2n) is 6.46. The summed E-state index contributed by atoms with van der Waals surface area (Å²) in [5.74, 6) is 0.171. The van der Waals surface area contributed by atoms with Crippen molar-refractivity contribution in [2.45, 2.75) is 12.6 Å². The van der Waals surface area contributed by atoms with E-state index in [1.165, 1.54) is 5.56 Å². The molecule has 1 amide bonds. The van der Waals surface area contributed by atoms with Gasteiger partial charge in [-0.05, 0) is 17.7 Å². The first-order valence-electron chi connectivity index (χ1n) is 9.06. The molecular weight excluding hydrogens is 344 g/mol. The molecule has 0 aliphatic carbocycles. The second-order valence-corrected chi connectivity index (χ2v) is 6.46. The molecule has 27 heavy (non-hydrogen) atoms. The third kappa shape index (κ3) is 5.91. The van der Waals surface area contributed by atoms with Gasteiger partial charge in [-0.15, -0.1) is 0 Å². The molecule has 1 aliphatic heterocycles. The number of benzene rings is 2. The highest BCUT2D eigenvalue weighted by molar-refractivity contribution is 5.80. The largest absolute Gasteiger partial charge is 0.483 e. The molecule has 1 heterocycles. The zero-order chi connectivity index (χ0) is 18.9. The number of nitrogens with one attached hydrogen (secondary N) is 1. The number of rotatable bonds is 8. The Morgan fingerprint density at radius 2 is 1.96 bits per heavy atom. The van der Waals surface area contributed by atoms with Crippen molar-refractivity contribution in [2.24, 2.45) is 0 Å². The number of aldehydes is 1. The molecule has 3 rings (SSSR count). The van der Waals surface area contributed by atoms with Crippen LogP contribution >= 0.6 is 0 Å². The van der Waals surface area contributed by atoms with Crippen molar-refractivity contribution in [3.63, 3.8) is 0 Å². The van der Waals surface area contributed by atoms with Crippen molar-refractivity contribution < 1.29 is 19.1 Å². The standard InChI is InChI=1S/C21H24N2O4/c24-15-18-8-4-5-9-20(18)27-16-21(25)22-12-19-14-23(10-11-26-19)13-17-6-2-1-3-7-17/h1-9,15,19H,10-14,16H2,(H,22,25). The van der Waals surface area contributed by atoms with Gasteiger partial charge in [0.25, 0.3) is 5.91 Å². The second kappa shape index (κ2) is 9.85. The average Bonchev–Trinajstić information content (AvgIpc) is 2.72. The van der Waals surface area contributed by atoms with E-state index in [0.29, 0.717) is 30.8 Å². The molecule has 1 atom stereocenters. The average molecular weight is 368 g/mol. The molecule has 0 bridgehead atoms. The SMILES string of the molecule is O=Cc1ccccc1OCC(=O)NCC1CN(Cc2ccccc2)CCO1. The van der Waals surface area contributed by atoms with E-state index in [-0.39, 0.29) is 18.6 Å². The lowest BCUT2D eigenvalue weighted by atomic mass is 10.2. The lowest BCUT2D eigenvalue weighted by Gasteiger charge is -2.33. The lowest BCUT2D eigenvalue weighted by Crippen LogP contribution is -2.47. The molecule has 2 aromatic carbocycles. The molecule has 1 unspecified atom stereocenters. The summed E-state index contributed by atoms with van der Waals surface area (Å²) < 4.78 is 11.2. The van der Waals surface area contributed by atoms with Crippen molar-refractivity contribution in [1.29, 1.82) is 0 Å². The molecule has 1 aliphatic rings. The number of carbonyl (C=O) groups excluding carboxylic acids is 2. The lowest BCUT2D eigenvalue weighted by molar-refractivity contribution is -0.124. The molecule has 0 saturated carbocycles. The molecule has 0 spiro atoms. The highest BCUT2D eigenvalue weighted by atomic mass is 16.5. The zero-order valence-electron chi connectivity index (χ0n) is 15.2. The van der Waals surface area contributed by atoms with Gasteiger partial charge in [-0.3, -0.25) is 14.5 Å². The maximum Gasteiger partial charge on any atom is 0.258 e. The van der Waals surface area contributed by atoms with Gasteiger partial charge in [-0.2, -0.15) is 0 Å². The van der Waals surface area contributed by atoms with Crippen LogP contribution in [-0.4, -0.2) is 56.0 Å². The van der Waals surface area contributed by atoms with Crippen LogP contribution in [0.15, 0.2) is 54.6 Å². The van der Waals surface area contributed by atoms with Gasteiger partial charge in [0.2, 0.25) is 0 Å². The molecule has 1 saturated heterocycles. The maximum absolute atomic E-state index is 12.0. The van der Waals surface area contributed by atoms with Gasteiger partial charge in [0.1, 0.15) is 5.75 Å². The summed E-state index contributed by atoms with van der Waals surface area (Å²) in [6, 6.07) is 17.1. The Bertz CT molecular complexity index is 751. The number of nitrogens with zero attached hydrogens (tertiary/aromatic N) is 1. The third-order valence-electron chi connectivity index (χ3n) is 4.40. The van der Waals surface area contributed by atoms with E-state index >= 15 is 0 Å². The normalized spacial score (nSPS) is 17.3. The summed E-state index contributed by atoms with van der Waals surface area (Å²) in [6.07, 6.45) is 0.665. The Labute approximate surface area is 159 Å². The predicted molar refractivity (Wildman–Crippen MR) is 102 cm³/mol. The quantitative estimate of drug-likeness (QED) is 0.721. The van der Waals surface area contributed by atoms with Crippen LogP contribution in [0.4, 0.5) is 0 Å². The van der Waals surface area contributed by atoms with Gasteiger partial charge in [-0.1, -0.05) is 42.5 Å². The Hall–Kier alpha value is -2.70. The van der Waals surface area contributed by atoms with Crippen LogP contribution in [0.25, 0.3) is 0 Å². The van der Waals surface area contributed by atoms with Gasteiger partial charge >= 0.3 is 0 Å². The maximum atomic E-state index is 12.0. The summed E-state index contributed by atoms with van der Waals surface area (Å²) in [6.45, 7) is 3.47. The van der Waals surface area contributed by atoms with Gasteiger partial charge in [0, 0.05) is 26.2 Å². The van der Waals surface area contributed by atoms with Crippen molar-refractivity contribution in [3.05, 3.63) is 65.7 Å². The van der Waals surface area contributed by atoms with E-state index in [1.54, 1.807) is 24.3 Å². The number of carbonyl (C=O) groups is 2. The summed E-state index contributed by atoms with van der Waals surface area (Å²) in [7, 11) is 0. The highest BCUT2D eigenvalue weighted by Gasteiger charge is 2.21. The Kier molecular flexibility index (Phi) is 6.96. The molecular formula is C21H24N2O4. The van der Waals surface area contributed by atoms with E-state index < -0.39 is 0 Å². The van der Waals surface area contributed by atoms with E-state index in [9.17, 15) is 9.59 Å². The number of amides is 1. The molecule has 0 radical (unpaired) electrons. The number of morpholine rings is 1. The number of ether oxygens (including phenoxy) is 2. The zero-order valence-corrected chi connectivity index (χ0v) is 15.2. The van der Waals surface area contributed by atoms with Crippen LogP contribution in [-0.2, 0) is 16.1 Å². The summed E-state index contributed by atoms with van der Waals surface area (Å²) >= 11 is 0. The Morgan fingerprint density at radius 3 is 2.78 bits per heavy atom. The van der Waals surface area contributed by atoms with Crippen LogP contribution in [0, 0.1) is 0 Å². The smallest absolute Gasteiger partial charge is 0.258 e. The Morgan fingerprint density at radius 1 is 1.19 bits per heavy atom. The van der Waals surface area contributed by atoms with Gasteiger partial charge in [0.15, 0.2) is 12.9 Å². The van der Waals surface area contributed by atoms with Crippen molar-refractivity contribution in [3.8, 4) is 5.75 Å².